The normalized spacial score (nSPS) is 15.6. The summed E-state index contributed by atoms with van der Waals surface area (Å²) in [5, 5.41) is 2.27. The number of benzene rings is 4. The Kier molecular flexibility index (Phi) is 47.6. The smallest absolute Gasteiger partial charge is 0.477 e. The average molecular weight is 2050 g/mol. The Morgan fingerprint density at radius 1 is 0.384 bits per heavy atom. The number of hydrogen-bond donors (Lipinski definition) is 0. The Morgan fingerprint density at radius 3 is 1.23 bits per heavy atom. The lowest BCUT2D eigenvalue weighted by Crippen LogP contribution is -2.47. The summed E-state index contributed by atoms with van der Waals surface area (Å²) in [6, 6.07) is 19.4. The Balaban J connectivity index is 0.000000396. The average Bonchev–Trinajstić information content (AvgIpc) is 0.985. The van der Waals surface area contributed by atoms with Crippen LogP contribution < -0.4 is 18.9 Å². The molecule has 3 aliphatic carbocycles. The summed E-state index contributed by atoms with van der Waals surface area (Å²) < 4.78 is 379. The van der Waals surface area contributed by atoms with Gasteiger partial charge in [-0.1, -0.05) is 175 Å². The molecular formula is C96H115F29N6O5S2. The zero-order valence-electron chi connectivity index (χ0n) is 79.5. The zero-order valence-corrected chi connectivity index (χ0v) is 81.1. The predicted molar refractivity (Wildman–Crippen MR) is 470 cm³/mol. The van der Waals surface area contributed by atoms with E-state index in [0.717, 1.165) is 115 Å². The molecule has 3 fully saturated rings. The van der Waals surface area contributed by atoms with Crippen molar-refractivity contribution in [2.75, 3.05) is 20.3 Å². The molecule has 9 aromatic rings. The molecule has 774 valence electrons. The molecule has 42 heteroatoms. The van der Waals surface area contributed by atoms with E-state index in [1.165, 1.54) is 54.2 Å². The van der Waals surface area contributed by atoms with Crippen LogP contribution in [0.25, 0.3) is 0 Å². The van der Waals surface area contributed by atoms with Crippen LogP contribution in [0.5, 0.6) is 23.1 Å². The van der Waals surface area contributed by atoms with Gasteiger partial charge in [-0.15, -0.1) is 44.6 Å². The van der Waals surface area contributed by atoms with Gasteiger partial charge in [0.25, 0.3) is 12.9 Å². The van der Waals surface area contributed by atoms with Gasteiger partial charge in [0.1, 0.15) is 28.7 Å². The quantitative estimate of drug-likeness (QED) is 0.0568. The van der Waals surface area contributed by atoms with Gasteiger partial charge in [0.05, 0.1) is 40.3 Å². The van der Waals surface area contributed by atoms with Gasteiger partial charge in [-0.05, 0) is 186 Å². The first-order valence-electron chi connectivity index (χ1n) is 43.4. The van der Waals surface area contributed by atoms with E-state index in [2.05, 4.69) is 58.0 Å². The molecule has 4 aliphatic rings. The van der Waals surface area contributed by atoms with E-state index in [0.29, 0.717) is 80.6 Å². The van der Waals surface area contributed by atoms with Crippen molar-refractivity contribution in [1.29, 1.82) is 0 Å². The molecule has 5 aromatic heterocycles. The van der Waals surface area contributed by atoms with Crippen molar-refractivity contribution in [2.45, 2.75) is 299 Å². The van der Waals surface area contributed by atoms with Crippen LogP contribution in [0.1, 0.15) is 338 Å². The molecule has 0 N–H and O–H groups in total. The zero-order chi connectivity index (χ0) is 106. The van der Waals surface area contributed by atoms with Crippen molar-refractivity contribution in [2.24, 2.45) is 16.7 Å². The predicted octanol–water partition coefficient (Wildman–Crippen LogP) is 35.1. The molecule has 11 nitrogen and oxygen atoms in total. The number of thiazole rings is 2. The van der Waals surface area contributed by atoms with Crippen LogP contribution in [0.3, 0.4) is 0 Å². The molecule has 4 aromatic carbocycles. The van der Waals surface area contributed by atoms with Crippen molar-refractivity contribution in [1.82, 2.24) is 29.9 Å². The summed E-state index contributed by atoms with van der Waals surface area (Å²) in [6.07, 6.45) is -27.6. The summed E-state index contributed by atoms with van der Waals surface area (Å²) in [5.74, 6) is -1.91. The summed E-state index contributed by atoms with van der Waals surface area (Å²) in [4.78, 5) is 21.6. The highest BCUT2D eigenvalue weighted by Crippen LogP contribution is 2.62. The van der Waals surface area contributed by atoms with Crippen LogP contribution in [0.2, 0.25) is 0 Å². The van der Waals surface area contributed by atoms with E-state index in [1.54, 1.807) is 53.0 Å². The van der Waals surface area contributed by atoms with Crippen molar-refractivity contribution in [3.8, 4) is 23.1 Å². The third kappa shape index (κ3) is 40.7. The summed E-state index contributed by atoms with van der Waals surface area (Å²) in [6.45, 7) is 38.8. The van der Waals surface area contributed by atoms with Crippen molar-refractivity contribution in [3.63, 3.8) is 0 Å². The number of pyridine rings is 2. The van der Waals surface area contributed by atoms with Crippen LogP contribution in [0, 0.1) is 34.2 Å². The molecule has 0 amide bonds. The lowest BCUT2D eigenvalue weighted by molar-refractivity contribution is -0.286. The maximum Gasteiger partial charge on any atom is 0.586 e. The number of fused-ring (bicyclic) bond motifs is 4. The van der Waals surface area contributed by atoms with Crippen LogP contribution in [-0.2, 0) is 35.6 Å². The second-order valence-corrected chi connectivity index (χ2v) is 36.8. The minimum Gasteiger partial charge on any atom is -0.477 e. The fourth-order valence-electron chi connectivity index (χ4n) is 12.7. The number of hydrogen-bond acceptors (Lipinski definition) is 13. The fraction of sp³-hybridized carbons (Fsp3) is 0.542. The monoisotopic (exact) mass is 2050 g/mol. The van der Waals surface area contributed by atoms with Crippen LogP contribution in [0.15, 0.2) is 126 Å². The molecule has 6 heterocycles. The van der Waals surface area contributed by atoms with Crippen molar-refractivity contribution in [3.05, 3.63) is 233 Å². The fourth-order valence-corrected chi connectivity index (χ4v) is 14.4. The number of rotatable bonds is 19. The summed E-state index contributed by atoms with van der Waals surface area (Å²) in [5.41, 5.74) is 0.889. The van der Waals surface area contributed by atoms with Gasteiger partial charge < -0.3 is 23.7 Å². The molecule has 3 saturated carbocycles. The number of methoxy groups -OCH3 is 1. The van der Waals surface area contributed by atoms with E-state index in [4.69, 9.17) is 9.47 Å². The molecule has 0 atom stereocenters. The van der Waals surface area contributed by atoms with Gasteiger partial charge in [-0.25, -0.2) is 54.5 Å². The minimum atomic E-state index is -4.86. The van der Waals surface area contributed by atoms with Gasteiger partial charge in [0, 0.05) is 60.2 Å². The van der Waals surface area contributed by atoms with Crippen LogP contribution >= 0.6 is 22.7 Å². The molecular weight excluding hydrogens is 1930 g/mol. The number of ether oxygens (including phenoxy) is 5. The second-order valence-electron chi connectivity index (χ2n) is 35.1. The first kappa shape index (κ1) is 123. The van der Waals surface area contributed by atoms with E-state index >= 15 is 0 Å². The van der Waals surface area contributed by atoms with Gasteiger partial charge in [0.15, 0.2) is 33.8 Å². The topological polar surface area (TPSA) is 123 Å². The molecule has 0 unspecified atom stereocenters. The Morgan fingerprint density at radius 2 is 0.855 bits per heavy atom. The number of nitrogens with zero attached hydrogens (tertiary/aromatic N) is 6. The Bertz CT molecular complexity index is 4870. The number of halogens is 29. The number of aromatic nitrogens is 6. The molecule has 138 heavy (non-hydrogen) atoms. The van der Waals surface area contributed by atoms with Crippen molar-refractivity contribution < 1.29 is 151 Å². The third-order valence-corrected chi connectivity index (χ3v) is 23.4. The highest BCUT2D eigenvalue weighted by molar-refractivity contribution is 7.10. The lowest BCUT2D eigenvalue weighted by Gasteiger charge is -2.55. The van der Waals surface area contributed by atoms with Gasteiger partial charge in [-0.2, -0.15) is 65.9 Å². The largest absolute Gasteiger partial charge is 0.586 e. The van der Waals surface area contributed by atoms with Gasteiger partial charge in [0.2, 0.25) is 12.3 Å². The molecule has 13 rings (SSSR count). The summed E-state index contributed by atoms with van der Waals surface area (Å²) >= 11 is 1.70. The van der Waals surface area contributed by atoms with Crippen LogP contribution in [-0.4, -0.2) is 69.3 Å². The first-order chi connectivity index (χ1) is 63.3. The first-order valence-corrected chi connectivity index (χ1v) is 45.1. The Hall–Kier alpha value is -9.35. The highest BCUT2D eigenvalue weighted by Gasteiger charge is 2.54. The van der Waals surface area contributed by atoms with Crippen molar-refractivity contribution >= 4 is 22.7 Å². The van der Waals surface area contributed by atoms with Crippen LogP contribution in [0.4, 0.5) is 127 Å². The standard InChI is InChI=1S/C13H18F3NO2.C12H20F2.C10H10F4O.2C10H10F4.C10H10F2O2.C9H11F2N.C8H10F2N2.2C7H8F3NS/c1-9(2)10-5-6-11(13(14,15)16)17-12(10)19-8-4-7-18-3;1-9(2)11-3-6-12(7-4-11,8-5-11)10(13)14;1-6(2)7-3-4-9(8(11)5-7)15-10(12,13)14;1-6(2)8-4-3-7(5-9(8)11)10(12,13)14;1-6(2)7-3-4-8(9(11)5-7)10(12,13)14;1-6(2)7-3-4-8-9(5-7)14-10(11,12)13-8;1-6(2)7-3-4-8(9(10)11)12-5-7;1-5(2)6-3-12-7(4-11-6)8(9)10;1-4(2)6-11-5(3-12-6)7(8,9)10;1-4(2)5-3-12-6(11-5)7(8,9)10/h5-6,9H,4,7-8H2,1-3H3;9-10H,3-8H2,1-2H3;3-6H,1-2H3;3*3-6H,1-2H3;3-6,9H,1-2H3;3-5,8H,1-2H3;2*3-4H,1-2H3. The highest BCUT2D eigenvalue weighted by atomic mass is 32.1. The van der Waals surface area contributed by atoms with E-state index in [9.17, 15) is 127 Å². The molecule has 0 saturated heterocycles. The molecule has 1 aliphatic heterocycles. The van der Waals surface area contributed by atoms with E-state index < -0.39 is 119 Å². The molecule has 0 radical (unpaired) electrons. The van der Waals surface area contributed by atoms with Gasteiger partial charge in [-0.3, -0.25) is 15.0 Å². The SMILES string of the molecule is CC(C)C12CCC(C(F)F)(CC1)CC2.CC(C)c1ccc(C(F)(F)F)c(F)c1.CC(C)c1ccc(C(F)(F)F)cc1F.CC(C)c1ccc(C(F)F)nc1.CC(C)c1ccc(OC(F)(F)F)c(F)c1.CC(C)c1ccc2c(c1)OC(F)(F)O2.CC(C)c1cnc(C(F)F)cn1.CC(C)c1csc(C(F)(F)F)n1.CC(C)c1nc(C(F)(F)F)cs1.COCCCOc1nc(C(F)(F)F)ccc1C(C)C. The molecule has 0 spiro atoms. The minimum absolute atomic E-state index is 0.0202. The maximum atomic E-state index is 13.1. The number of alkyl halides is 26. The molecule has 2 bridgehead atoms. The third-order valence-electron chi connectivity index (χ3n) is 21.3. The summed E-state index contributed by atoms with van der Waals surface area (Å²) in [7, 11) is 1.56. The maximum absolute atomic E-state index is 13.1. The Labute approximate surface area is 792 Å². The van der Waals surface area contributed by atoms with Gasteiger partial charge >= 0.3 is 43.5 Å². The van der Waals surface area contributed by atoms with E-state index in [-0.39, 0.29) is 82.7 Å². The second kappa shape index (κ2) is 53.5. The lowest BCUT2D eigenvalue weighted by atomic mass is 9.51. The van der Waals surface area contributed by atoms with E-state index in [1.807, 2.05) is 96.9 Å².